The molecule has 4 nitrogen and oxygen atoms in total. The van der Waals surface area contributed by atoms with E-state index in [-0.39, 0.29) is 28.3 Å². The van der Waals surface area contributed by atoms with Crippen LogP contribution < -0.4 is 0 Å². The number of hydrogen-bond donors (Lipinski definition) is 2. The van der Waals surface area contributed by atoms with Gasteiger partial charge in [-0.2, -0.15) is 0 Å². The summed E-state index contributed by atoms with van der Waals surface area (Å²) < 4.78 is 3.84. The van der Waals surface area contributed by atoms with E-state index in [1.165, 1.54) is 11.1 Å². The van der Waals surface area contributed by atoms with Gasteiger partial charge in [-0.1, -0.05) is 35.4 Å². The minimum absolute atomic E-state index is 0. The molecule has 0 heterocycles. The van der Waals surface area contributed by atoms with Crippen LogP contribution in [0.5, 0.6) is 11.5 Å². The summed E-state index contributed by atoms with van der Waals surface area (Å²) in [4.78, 5) is 8.74. The Morgan fingerprint density at radius 3 is 1.22 bits per heavy atom. The molecule has 0 aliphatic heterocycles. The van der Waals surface area contributed by atoms with Crippen molar-refractivity contribution in [2.24, 2.45) is 9.98 Å². The Balaban J connectivity index is 0.000000253. The van der Waals surface area contributed by atoms with E-state index in [4.69, 9.17) is 0 Å². The Morgan fingerprint density at radius 1 is 0.568 bits per heavy atom. The molecule has 0 aromatic heterocycles. The van der Waals surface area contributed by atoms with Crippen molar-refractivity contribution in [1.82, 2.24) is 0 Å². The van der Waals surface area contributed by atoms with E-state index in [9.17, 15) is 10.2 Å². The number of halogens is 4. The molecule has 0 aliphatic rings. The Kier molecular flexibility index (Phi) is 13.8. The monoisotopic (exact) mass is 985 g/mol. The van der Waals surface area contributed by atoms with Crippen LogP contribution in [0.2, 0.25) is 0 Å². The minimum Gasteiger partial charge on any atom is -0.506 e. The quantitative estimate of drug-likeness (QED) is 0.158. The van der Waals surface area contributed by atoms with Gasteiger partial charge in [0.05, 0.1) is 18.5 Å². The topological polar surface area (TPSA) is 65.2 Å². The van der Waals surface area contributed by atoms with Gasteiger partial charge in [0.2, 0.25) is 0 Å². The van der Waals surface area contributed by atoms with Crippen molar-refractivity contribution in [3.8, 4) is 11.5 Å². The van der Waals surface area contributed by atoms with Gasteiger partial charge in [0.15, 0.2) is 0 Å². The molecule has 1 radical (unpaired) electrons. The van der Waals surface area contributed by atoms with Gasteiger partial charge >= 0.3 is 0 Å². The van der Waals surface area contributed by atoms with Crippen molar-refractivity contribution in [3.63, 3.8) is 0 Å². The molecule has 2 N–H and O–H groups in total. The summed E-state index contributed by atoms with van der Waals surface area (Å²) >= 11 is 8.69. The van der Waals surface area contributed by atoms with Gasteiger partial charge in [-0.05, 0) is 153 Å². The molecule has 0 aliphatic carbocycles. The summed E-state index contributed by atoms with van der Waals surface area (Å²) in [6, 6.07) is 23.6. The average Bonchev–Trinajstić information content (AvgIpc) is 2.84. The van der Waals surface area contributed by atoms with Gasteiger partial charge in [-0.15, -0.1) is 0 Å². The van der Waals surface area contributed by atoms with E-state index in [1.807, 2.05) is 86.6 Å². The Labute approximate surface area is 282 Å². The third-order valence-corrected chi connectivity index (χ3v) is 7.78. The van der Waals surface area contributed by atoms with E-state index in [0.717, 1.165) is 36.8 Å². The van der Waals surface area contributed by atoms with Gasteiger partial charge in [0.25, 0.3) is 0 Å². The summed E-state index contributed by atoms with van der Waals surface area (Å²) in [5.41, 5.74) is 5.67. The van der Waals surface area contributed by atoms with Crippen molar-refractivity contribution in [1.29, 1.82) is 0 Å². The summed E-state index contributed by atoms with van der Waals surface area (Å²) in [7, 11) is 0. The van der Waals surface area contributed by atoms with Crippen molar-refractivity contribution in [3.05, 3.63) is 109 Å². The van der Waals surface area contributed by atoms with Crippen LogP contribution in [0.25, 0.3) is 0 Å². The molecule has 0 bridgehead atoms. The number of aromatic hydroxyl groups is 2. The number of hydrogen-bond acceptors (Lipinski definition) is 4. The van der Waals surface area contributed by atoms with Crippen molar-refractivity contribution < 1.29 is 27.0 Å². The number of benzene rings is 4. The van der Waals surface area contributed by atoms with Crippen LogP contribution in [0.15, 0.2) is 82.8 Å². The molecule has 0 saturated carbocycles. The van der Waals surface area contributed by atoms with Crippen LogP contribution in [0.4, 0.5) is 11.4 Å². The molecule has 0 spiro atoms. The van der Waals surface area contributed by atoms with Gasteiger partial charge in [0, 0.05) is 47.5 Å². The van der Waals surface area contributed by atoms with E-state index in [0.29, 0.717) is 0 Å². The molecular formula is C28H22CoI4N2O2. The first kappa shape index (κ1) is 32.5. The fourth-order valence-corrected chi connectivity index (χ4v) is 6.70. The normalized spacial score (nSPS) is 10.8. The zero-order valence-corrected chi connectivity index (χ0v) is 29.4. The molecule has 0 unspecified atom stereocenters. The molecule has 4 rings (SSSR count). The van der Waals surface area contributed by atoms with E-state index in [2.05, 4.69) is 100 Å². The second-order valence-electron chi connectivity index (χ2n) is 7.84. The van der Waals surface area contributed by atoms with Gasteiger partial charge in [-0.3, -0.25) is 9.98 Å². The van der Waals surface area contributed by atoms with E-state index < -0.39 is 0 Å². The second-order valence-corrected chi connectivity index (χ2v) is 12.7. The number of rotatable bonds is 4. The third-order valence-electron chi connectivity index (χ3n) is 4.89. The maximum atomic E-state index is 9.94. The molecule has 0 amide bonds. The first-order valence-electron chi connectivity index (χ1n) is 10.7. The Morgan fingerprint density at radius 2 is 0.892 bits per heavy atom. The molecule has 9 heteroatoms. The maximum absolute atomic E-state index is 9.94. The zero-order valence-electron chi connectivity index (χ0n) is 19.7. The third kappa shape index (κ3) is 10.4. The second kappa shape index (κ2) is 15.7. The molecule has 4 aromatic rings. The number of aryl methyl sites for hydroxylation is 2. The number of phenols is 2. The summed E-state index contributed by atoms with van der Waals surface area (Å²) in [5.74, 6) is 0.568. The molecule has 193 valence electrons. The Hall–Kier alpha value is -0.754. The molecule has 37 heavy (non-hydrogen) atoms. The van der Waals surface area contributed by atoms with Gasteiger partial charge < -0.3 is 10.2 Å². The van der Waals surface area contributed by atoms with Crippen LogP contribution >= 0.6 is 90.4 Å². The smallest absolute Gasteiger partial charge is 0.137 e. The predicted molar refractivity (Wildman–Crippen MR) is 184 cm³/mol. The SMILES string of the molecule is Cc1ccc(N=Cc2cc(I)cc(I)c2O)cc1.Cc1ccc(N=Cc2cc(I)cc(I)c2O)cc1.[Co]. The molecule has 0 atom stereocenters. The standard InChI is InChI=1S/2C14H11I2NO.Co/c2*1-9-2-4-12(5-3-9)17-8-10-6-11(15)7-13(16)14(10)18;/h2*2-8,18H,1H3;. The minimum atomic E-state index is 0. The van der Waals surface area contributed by atoms with Crippen LogP contribution in [-0.2, 0) is 16.8 Å². The van der Waals surface area contributed by atoms with Gasteiger partial charge in [0.1, 0.15) is 11.5 Å². The number of nitrogens with zero attached hydrogens (tertiary/aromatic N) is 2. The summed E-state index contributed by atoms with van der Waals surface area (Å²) in [6.07, 6.45) is 3.40. The van der Waals surface area contributed by atoms with Crippen molar-refractivity contribution >= 4 is 114 Å². The zero-order chi connectivity index (χ0) is 26.2. The average molecular weight is 985 g/mol. The Bertz CT molecular complexity index is 1300. The van der Waals surface area contributed by atoms with E-state index >= 15 is 0 Å². The molecular weight excluding hydrogens is 963 g/mol. The maximum Gasteiger partial charge on any atom is 0.137 e. The molecule has 0 fully saturated rings. The fraction of sp³-hybridized carbons (Fsp3) is 0.0714. The van der Waals surface area contributed by atoms with E-state index in [1.54, 1.807) is 12.4 Å². The first-order chi connectivity index (χ1) is 17.1. The van der Waals surface area contributed by atoms with Crippen LogP contribution in [0, 0.1) is 28.1 Å². The van der Waals surface area contributed by atoms with Crippen molar-refractivity contribution in [2.45, 2.75) is 13.8 Å². The molecule has 0 saturated heterocycles. The number of aliphatic imine (C=N–C) groups is 2. The fourth-order valence-electron chi connectivity index (χ4n) is 2.92. The number of phenolic OH excluding ortho intramolecular Hbond substituents is 2. The van der Waals surface area contributed by atoms with Gasteiger partial charge in [-0.25, -0.2) is 0 Å². The summed E-state index contributed by atoms with van der Waals surface area (Å²) in [6.45, 7) is 4.09. The largest absolute Gasteiger partial charge is 0.506 e. The summed E-state index contributed by atoms with van der Waals surface area (Å²) in [5, 5.41) is 19.9. The van der Waals surface area contributed by atoms with Crippen LogP contribution in [0.3, 0.4) is 0 Å². The predicted octanol–water partition coefficient (Wildman–Crippen LogP) is 9.32. The molecule has 4 aromatic carbocycles. The van der Waals surface area contributed by atoms with Crippen molar-refractivity contribution in [2.75, 3.05) is 0 Å². The van der Waals surface area contributed by atoms with Crippen LogP contribution in [-0.4, -0.2) is 22.6 Å². The van der Waals surface area contributed by atoms with Crippen LogP contribution in [0.1, 0.15) is 22.3 Å². The first-order valence-corrected chi connectivity index (χ1v) is 15.0.